The predicted molar refractivity (Wildman–Crippen MR) is 139 cm³/mol. The van der Waals surface area contributed by atoms with E-state index in [1.54, 1.807) is 23.1 Å². The van der Waals surface area contributed by atoms with Crippen molar-refractivity contribution in [2.45, 2.75) is 18.8 Å². The zero-order valence-electron chi connectivity index (χ0n) is 18.9. The highest BCUT2D eigenvalue weighted by Gasteiger charge is 2.29. The summed E-state index contributed by atoms with van der Waals surface area (Å²) in [6.07, 6.45) is 2.79. The number of aromatic nitrogens is 3. The molecule has 0 N–H and O–H groups in total. The third-order valence-corrected chi connectivity index (χ3v) is 8.54. The van der Waals surface area contributed by atoms with E-state index in [1.807, 2.05) is 29.6 Å². The number of amides is 1. The summed E-state index contributed by atoms with van der Waals surface area (Å²) in [6, 6.07) is 14.1. The molecule has 0 spiro atoms. The highest BCUT2D eigenvalue weighted by Crippen LogP contribution is 2.36. The Balaban J connectivity index is 1.20. The zero-order chi connectivity index (χ0) is 24.8. The largest absolute Gasteiger partial charge is 0.338 e. The van der Waals surface area contributed by atoms with Crippen LogP contribution in [0, 0.1) is 10.1 Å². The molecule has 0 unspecified atom stereocenters. The minimum Gasteiger partial charge on any atom is -0.338 e. The van der Waals surface area contributed by atoms with Crippen LogP contribution in [0.15, 0.2) is 64.9 Å². The second-order valence-corrected chi connectivity index (χ2v) is 10.5. The van der Waals surface area contributed by atoms with Gasteiger partial charge in [0, 0.05) is 36.7 Å². The van der Waals surface area contributed by atoms with Crippen LogP contribution in [0.1, 0.15) is 34.1 Å². The number of para-hydroxylation sites is 2. The van der Waals surface area contributed by atoms with Crippen LogP contribution in [0.4, 0.5) is 5.69 Å². The molecular weight excluding hydrogens is 498 g/mol. The average molecular weight is 518 g/mol. The topological polar surface area (TPSA) is 111 Å². The summed E-state index contributed by atoms with van der Waals surface area (Å²) < 4.78 is 2.45. The van der Waals surface area contributed by atoms with Crippen molar-refractivity contribution in [3.8, 4) is 11.3 Å². The Labute approximate surface area is 212 Å². The van der Waals surface area contributed by atoms with Gasteiger partial charge in [-0.05, 0) is 31.0 Å². The molecule has 0 radical (unpaired) electrons. The second-order valence-electron chi connectivity index (χ2n) is 8.58. The van der Waals surface area contributed by atoms with E-state index in [0.29, 0.717) is 42.1 Å². The first-order chi connectivity index (χ1) is 17.5. The number of thiazole rings is 2. The Morgan fingerprint density at radius 2 is 1.83 bits per heavy atom. The van der Waals surface area contributed by atoms with E-state index in [-0.39, 0.29) is 28.6 Å². The molecule has 5 aromatic rings. The predicted octanol–water partition coefficient (Wildman–Crippen LogP) is 4.96. The molecule has 4 heterocycles. The van der Waals surface area contributed by atoms with Crippen molar-refractivity contribution in [1.29, 1.82) is 0 Å². The van der Waals surface area contributed by atoms with Crippen LogP contribution in [0.2, 0.25) is 0 Å². The number of piperidine rings is 1. The molecule has 9 nitrogen and oxygen atoms in total. The van der Waals surface area contributed by atoms with Crippen LogP contribution in [0.5, 0.6) is 0 Å². The van der Waals surface area contributed by atoms with Crippen LogP contribution in [-0.2, 0) is 0 Å². The summed E-state index contributed by atoms with van der Waals surface area (Å²) in [5.41, 5.74) is 1.60. The van der Waals surface area contributed by atoms with Gasteiger partial charge < -0.3 is 4.90 Å². The molecule has 0 bridgehead atoms. The molecule has 6 rings (SSSR count). The van der Waals surface area contributed by atoms with E-state index >= 15 is 0 Å². The number of fused-ring (bicyclic) bond motifs is 3. The van der Waals surface area contributed by atoms with Gasteiger partial charge in [-0.1, -0.05) is 35.6 Å². The van der Waals surface area contributed by atoms with Crippen LogP contribution < -0.4 is 5.56 Å². The standard InChI is InChI=1S/C25H19N5O4S2/c31-23(17-13-26-25-29(24(17)32)20-7-3-4-8-21(20)36-25)28-11-9-15(10-12-28)22-27-18(14-35-22)16-5-1-2-6-19(16)30(33)34/h1-8,13-15H,9-12H2. The Kier molecular flexibility index (Phi) is 5.57. The van der Waals surface area contributed by atoms with Gasteiger partial charge in [0.15, 0.2) is 4.96 Å². The van der Waals surface area contributed by atoms with Crippen molar-refractivity contribution >= 4 is 49.4 Å². The van der Waals surface area contributed by atoms with Gasteiger partial charge in [0.1, 0.15) is 5.56 Å². The summed E-state index contributed by atoms with van der Waals surface area (Å²) in [5, 5.41) is 14.1. The van der Waals surface area contributed by atoms with Crippen molar-refractivity contribution < 1.29 is 9.72 Å². The second kappa shape index (κ2) is 8.92. The van der Waals surface area contributed by atoms with Gasteiger partial charge in [0.2, 0.25) is 0 Å². The van der Waals surface area contributed by atoms with Crippen LogP contribution in [0.3, 0.4) is 0 Å². The van der Waals surface area contributed by atoms with Gasteiger partial charge in [-0.2, -0.15) is 0 Å². The summed E-state index contributed by atoms with van der Waals surface area (Å²) in [4.78, 5) is 48.8. The highest BCUT2D eigenvalue weighted by molar-refractivity contribution is 7.23. The summed E-state index contributed by atoms with van der Waals surface area (Å²) in [7, 11) is 0. The Morgan fingerprint density at radius 1 is 1.08 bits per heavy atom. The van der Waals surface area contributed by atoms with Crippen molar-refractivity contribution in [2.24, 2.45) is 0 Å². The molecule has 36 heavy (non-hydrogen) atoms. The Hall–Kier alpha value is -3.96. The number of nitrogens with zero attached hydrogens (tertiary/aromatic N) is 5. The molecule has 0 atom stereocenters. The molecule has 0 saturated carbocycles. The maximum Gasteiger partial charge on any atom is 0.278 e. The molecule has 180 valence electrons. The van der Waals surface area contributed by atoms with Crippen LogP contribution >= 0.6 is 22.7 Å². The molecule has 1 aliphatic rings. The van der Waals surface area contributed by atoms with Crippen molar-refractivity contribution in [3.05, 3.63) is 91.1 Å². The van der Waals surface area contributed by atoms with Crippen molar-refractivity contribution in [1.82, 2.24) is 19.3 Å². The zero-order valence-corrected chi connectivity index (χ0v) is 20.5. The van der Waals surface area contributed by atoms with Gasteiger partial charge in [-0.15, -0.1) is 11.3 Å². The molecule has 1 aliphatic heterocycles. The van der Waals surface area contributed by atoms with Crippen molar-refractivity contribution in [3.63, 3.8) is 0 Å². The molecule has 3 aromatic heterocycles. The number of benzene rings is 2. The molecule has 1 amide bonds. The molecule has 11 heteroatoms. The fraction of sp³-hybridized carbons (Fsp3) is 0.200. The average Bonchev–Trinajstić information content (AvgIpc) is 3.54. The first-order valence-corrected chi connectivity index (χ1v) is 13.1. The first kappa shape index (κ1) is 22.5. The number of carbonyl (C=O) groups is 1. The quantitative estimate of drug-likeness (QED) is 0.246. The van der Waals surface area contributed by atoms with Gasteiger partial charge >= 0.3 is 0 Å². The molecule has 2 aromatic carbocycles. The maximum atomic E-state index is 13.3. The smallest absolute Gasteiger partial charge is 0.278 e. The van der Waals surface area contributed by atoms with Gasteiger partial charge in [0.25, 0.3) is 17.2 Å². The summed E-state index contributed by atoms with van der Waals surface area (Å²) >= 11 is 2.90. The fourth-order valence-corrected chi connectivity index (χ4v) is 6.62. The number of hydrogen-bond acceptors (Lipinski definition) is 8. The third-order valence-electron chi connectivity index (χ3n) is 6.50. The SMILES string of the molecule is O=C(c1cnc2sc3ccccc3n2c1=O)N1CCC(c2nc(-c3ccccc3[N+](=O)[O-])cs2)CC1. The fourth-order valence-electron chi connectivity index (χ4n) is 4.65. The van der Waals surface area contributed by atoms with E-state index in [9.17, 15) is 19.7 Å². The molecule has 1 fully saturated rings. The Bertz CT molecular complexity index is 1700. The minimum atomic E-state index is -0.397. The van der Waals surface area contributed by atoms with E-state index in [2.05, 4.69) is 4.98 Å². The van der Waals surface area contributed by atoms with E-state index in [0.717, 1.165) is 15.2 Å². The highest BCUT2D eigenvalue weighted by atomic mass is 32.1. The van der Waals surface area contributed by atoms with Gasteiger partial charge in [0.05, 0.1) is 31.4 Å². The number of nitro benzene ring substituents is 1. The lowest BCUT2D eigenvalue weighted by Gasteiger charge is -2.31. The lowest BCUT2D eigenvalue weighted by molar-refractivity contribution is -0.384. The summed E-state index contributed by atoms with van der Waals surface area (Å²) in [5.74, 6) is -0.159. The van der Waals surface area contributed by atoms with E-state index in [1.165, 1.54) is 39.3 Å². The maximum absolute atomic E-state index is 13.3. The minimum absolute atomic E-state index is 0.0324. The monoisotopic (exact) mass is 517 g/mol. The molecular formula is C25H19N5O4S2. The Morgan fingerprint density at radius 3 is 2.64 bits per heavy atom. The summed E-state index contributed by atoms with van der Waals surface area (Å²) in [6.45, 7) is 0.993. The number of carbonyl (C=O) groups excluding carboxylic acids is 1. The number of nitro groups is 1. The lowest BCUT2D eigenvalue weighted by atomic mass is 9.97. The molecule has 1 saturated heterocycles. The van der Waals surface area contributed by atoms with Gasteiger partial charge in [-0.25, -0.2) is 9.97 Å². The number of rotatable bonds is 4. The molecule has 0 aliphatic carbocycles. The van der Waals surface area contributed by atoms with E-state index in [4.69, 9.17) is 4.98 Å². The van der Waals surface area contributed by atoms with Crippen molar-refractivity contribution in [2.75, 3.05) is 13.1 Å². The van der Waals surface area contributed by atoms with Gasteiger partial charge in [-0.3, -0.25) is 24.1 Å². The van der Waals surface area contributed by atoms with Crippen LogP contribution in [0.25, 0.3) is 26.4 Å². The lowest BCUT2D eigenvalue weighted by Crippen LogP contribution is -2.40. The normalized spacial score (nSPS) is 14.5. The first-order valence-electron chi connectivity index (χ1n) is 11.4. The third kappa shape index (κ3) is 3.76. The number of likely N-dealkylation sites (tertiary alicyclic amines) is 1. The van der Waals surface area contributed by atoms with E-state index < -0.39 is 4.92 Å². The van der Waals surface area contributed by atoms with Crippen LogP contribution in [-0.4, -0.2) is 43.2 Å². The number of hydrogen-bond donors (Lipinski definition) is 0.